The minimum absolute atomic E-state index is 0.601. The monoisotopic (exact) mass is 203 g/mol. The van der Waals surface area contributed by atoms with Gasteiger partial charge in [-0.1, -0.05) is 0 Å². The summed E-state index contributed by atoms with van der Waals surface area (Å²) in [6, 6.07) is 0. The topological polar surface area (TPSA) is 84.9 Å². The van der Waals surface area contributed by atoms with Crippen LogP contribution in [0, 0.1) is 0 Å². The predicted octanol–water partition coefficient (Wildman–Crippen LogP) is 0.240. The maximum absolute atomic E-state index is 11.0. The molecule has 1 unspecified atom stereocenters. The third-order valence-corrected chi connectivity index (χ3v) is 2.91. The van der Waals surface area contributed by atoms with Gasteiger partial charge >= 0.3 is 7.60 Å². The van der Waals surface area contributed by atoms with Crippen molar-refractivity contribution >= 4 is 19.0 Å². The zero-order chi connectivity index (χ0) is 8.91. The third kappa shape index (κ3) is 4.62. The summed E-state index contributed by atoms with van der Waals surface area (Å²) in [5.74, 6) is 0. The van der Waals surface area contributed by atoms with Gasteiger partial charge in [0.25, 0.3) is 0 Å². The Morgan fingerprint density at radius 2 is 1.91 bits per heavy atom. The zero-order valence-corrected chi connectivity index (χ0v) is 7.72. The van der Waals surface area contributed by atoms with Crippen LogP contribution in [0.25, 0.3) is 0 Å². The van der Waals surface area contributed by atoms with Crippen molar-refractivity contribution in [1.82, 2.24) is 0 Å². The van der Waals surface area contributed by atoms with E-state index in [4.69, 9.17) is 0 Å². The Hall–Kier alpha value is 0.220. The molecule has 0 radical (unpaired) electrons. The van der Waals surface area contributed by atoms with Crippen LogP contribution >= 0.6 is 7.60 Å². The summed E-state index contributed by atoms with van der Waals surface area (Å²) < 4.78 is 43.4. The Labute approximate surface area is 66.9 Å². The molecule has 0 aromatic heterocycles. The van der Waals surface area contributed by atoms with Crippen LogP contribution in [0.15, 0.2) is 0 Å². The highest BCUT2D eigenvalue weighted by molar-refractivity contribution is 7.74. The maximum Gasteiger partial charge on any atom is 0.356 e. The lowest BCUT2D eigenvalue weighted by Gasteiger charge is -2.13. The van der Waals surface area contributed by atoms with Gasteiger partial charge in [0, 0.05) is 14.2 Å². The molecule has 0 amide bonds. The first-order valence-corrected chi connectivity index (χ1v) is 5.20. The van der Waals surface area contributed by atoms with E-state index in [2.05, 4.69) is 13.2 Å². The van der Waals surface area contributed by atoms with E-state index >= 15 is 0 Å². The molecule has 0 heterocycles. The lowest BCUT2D eigenvalue weighted by Crippen LogP contribution is -2.01. The second kappa shape index (κ2) is 4.97. The van der Waals surface area contributed by atoms with E-state index in [1.165, 1.54) is 0 Å². The summed E-state index contributed by atoms with van der Waals surface area (Å²) in [6.07, 6.45) is -0.601. The van der Waals surface area contributed by atoms with E-state index < -0.39 is 25.3 Å². The molecule has 0 bridgehead atoms. The van der Waals surface area contributed by atoms with Crippen LogP contribution in [0.4, 0.5) is 0 Å². The second-order valence-electron chi connectivity index (χ2n) is 1.43. The molecule has 0 N–H and O–H groups in total. The Balaban J connectivity index is 3.89. The molecular formula is C3H8O6PS-. The lowest BCUT2D eigenvalue weighted by molar-refractivity contribution is 0.238. The minimum atomic E-state index is -3.35. The molecule has 0 aliphatic carbocycles. The fourth-order valence-electron chi connectivity index (χ4n) is 0.288. The van der Waals surface area contributed by atoms with Gasteiger partial charge in [-0.2, -0.15) is 0 Å². The highest BCUT2D eigenvalue weighted by atomic mass is 32.2. The van der Waals surface area contributed by atoms with E-state index in [0.717, 1.165) is 14.2 Å². The van der Waals surface area contributed by atoms with Crippen molar-refractivity contribution in [3.05, 3.63) is 0 Å². The standard InChI is InChI=1S/C3H9O6PS/c1-7-10(4,8-2)3-9-11(5)6/h3H2,1-2H3,(H,5,6)/p-1. The van der Waals surface area contributed by atoms with Crippen molar-refractivity contribution in [2.45, 2.75) is 0 Å². The van der Waals surface area contributed by atoms with Gasteiger partial charge in [0.1, 0.15) is 0 Å². The molecule has 1 atom stereocenters. The van der Waals surface area contributed by atoms with Crippen molar-refractivity contribution < 1.29 is 26.6 Å². The fraction of sp³-hybridized carbons (Fsp3) is 1.00. The van der Waals surface area contributed by atoms with E-state index in [9.17, 15) is 13.3 Å². The highest BCUT2D eigenvalue weighted by Crippen LogP contribution is 2.46. The summed E-state index contributed by atoms with van der Waals surface area (Å²) in [5.41, 5.74) is 0. The normalized spacial score (nSPS) is 14.8. The van der Waals surface area contributed by atoms with Gasteiger partial charge in [0.2, 0.25) is 0 Å². The zero-order valence-electron chi connectivity index (χ0n) is 6.01. The molecule has 0 aromatic rings. The quantitative estimate of drug-likeness (QED) is 0.470. The van der Waals surface area contributed by atoms with Crippen LogP contribution in [-0.4, -0.2) is 29.3 Å². The van der Waals surface area contributed by atoms with Crippen LogP contribution in [0.5, 0.6) is 0 Å². The van der Waals surface area contributed by atoms with Gasteiger partial charge in [-0.25, -0.2) is 4.21 Å². The van der Waals surface area contributed by atoms with E-state index in [-0.39, 0.29) is 0 Å². The molecule has 11 heavy (non-hydrogen) atoms. The van der Waals surface area contributed by atoms with Gasteiger partial charge in [0.05, 0.1) is 11.4 Å². The fourth-order valence-corrected chi connectivity index (χ4v) is 1.51. The molecule has 0 aliphatic rings. The van der Waals surface area contributed by atoms with Gasteiger partial charge in [-0.15, -0.1) is 0 Å². The minimum Gasteiger partial charge on any atom is -0.750 e. The molecule has 0 rings (SSSR count). The predicted molar refractivity (Wildman–Crippen MR) is 36.5 cm³/mol. The molecule has 68 valence electrons. The highest BCUT2D eigenvalue weighted by Gasteiger charge is 2.21. The van der Waals surface area contributed by atoms with E-state index in [0.29, 0.717) is 0 Å². The summed E-state index contributed by atoms with van der Waals surface area (Å²) in [5, 5.41) is 0. The van der Waals surface area contributed by atoms with Crippen molar-refractivity contribution in [2.75, 3.05) is 20.6 Å². The first-order valence-electron chi connectivity index (χ1n) is 2.47. The van der Waals surface area contributed by atoms with Gasteiger partial charge < -0.3 is 13.6 Å². The largest absolute Gasteiger partial charge is 0.750 e. The van der Waals surface area contributed by atoms with E-state index in [1.807, 2.05) is 0 Å². The Morgan fingerprint density at radius 1 is 1.45 bits per heavy atom. The van der Waals surface area contributed by atoms with Crippen LogP contribution < -0.4 is 0 Å². The number of hydrogen-bond acceptors (Lipinski definition) is 6. The molecule has 0 aliphatic heterocycles. The van der Waals surface area contributed by atoms with Crippen molar-refractivity contribution in [1.29, 1.82) is 0 Å². The molecule has 0 aromatic carbocycles. The third-order valence-electron chi connectivity index (χ3n) is 0.863. The van der Waals surface area contributed by atoms with Crippen molar-refractivity contribution in [3.8, 4) is 0 Å². The van der Waals surface area contributed by atoms with Crippen LogP contribution in [0.3, 0.4) is 0 Å². The average Bonchev–Trinajstić information content (AvgIpc) is 2.00. The molecule has 0 saturated carbocycles. The van der Waals surface area contributed by atoms with Gasteiger partial charge in [-0.05, 0) is 0 Å². The molecule has 0 spiro atoms. The summed E-state index contributed by atoms with van der Waals surface area (Å²) in [7, 11) is -1.07. The first kappa shape index (κ1) is 11.2. The summed E-state index contributed by atoms with van der Waals surface area (Å²) in [4.78, 5) is 0. The van der Waals surface area contributed by atoms with E-state index in [1.54, 1.807) is 0 Å². The number of hydrogen-bond donors (Lipinski definition) is 0. The van der Waals surface area contributed by atoms with Crippen molar-refractivity contribution in [2.24, 2.45) is 0 Å². The Kier molecular flexibility index (Phi) is 5.07. The smallest absolute Gasteiger partial charge is 0.356 e. The van der Waals surface area contributed by atoms with Crippen molar-refractivity contribution in [3.63, 3.8) is 0 Å². The number of rotatable bonds is 5. The summed E-state index contributed by atoms with van der Waals surface area (Å²) in [6.45, 7) is 0. The van der Waals surface area contributed by atoms with Crippen LogP contribution in [0.1, 0.15) is 0 Å². The SMILES string of the molecule is COP(=O)(COS(=O)[O-])OC. The Morgan fingerprint density at radius 3 is 2.18 bits per heavy atom. The summed E-state index contributed by atoms with van der Waals surface area (Å²) >= 11 is -2.70. The van der Waals surface area contributed by atoms with Crippen LogP contribution in [0.2, 0.25) is 0 Å². The first-order chi connectivity index (χ1) is 5.04. The lowest BCUT2D eigenvalue weighted by atomic mass is 11.7. The molecule has 8 heteroatoms. The maximum atomic E-state index is 11.0. The molecule has 6 nitrogen and oxygen atoms in total. The molecule has 0 saturated heterocycles. The van der Waals surface area contributed by atoms with Gasteiger partial charge in [-0.3, -0.25) is 8.75 Å². The molecule has 0 fully saturated rings. The van der Waals surface area contributed by atoms with Crippen LogP contribution in [-0.2, 0) is 29.2 Å². The average molecular weight is 203 g/mol. The second-order valence-corrected chi connectivity index (χ2v) is 4.28. The Bertz CT molecular complexity index is 173. The van der Waals surface area contributed by atoms with Gasteiger partial charge in [0.15, 0.2) is 6.35 Å². The molecular weight excluding hydrogens is 195 g/mol.